The van der Waals surface area contributed by atoms with Gasteiger partial charge in [0.2, 0.25) is 15.9 Å². The third-order valence-electron chi connectivity index (χ3n) is 3.77. The lowest BCUT2D eigenvalue weighted by atomic mass is 10.0. The lowest BCUT2D eigenvalue weighted by Crippen LogP contribution is -2.34. The second-order valence-corrected chi connectivity index (χ2v) is 7.49. The van der Waals surface area contributed by atoms with Crippen molar-refractivity contribution in [2.24, 2.45) is 0 Å². The Bertz CT molecular complexity index is 805. The summed E-state index contributed by atoms with van der Waals surface area (Å²) in [5.74, 6) is 0.470. The van der Waals surface area contributed by atoms with Crippen LogP contribution in [0.5, 0.6) is 5.75 Å². The average molecular weight is 362 g/mol. The van der Waals surface area contributed by atoms with Crippen LogP contribution in [0.1, 0.15) is 18.0 Å². The van der Waals surface area contributed by atoms with Gasteiger partial charge < -0.3 is 9.64 Å². The summed E-state index contributed by atoms with van der Waals surface area (Å²) in [5.41, 5.74) is 1.45. The van der Waals surface area contributed by atoms with E-state index >= 15 is 0 Å². The highest BCUT2D eigenvalue weighted by Gasteiger charge is 2.22. The van der Waals surface area contributed by atoms with E-state index in [1.165, 1.54) is 4.90 Å². The van der Waals surface area contributed by atoms with Gasteiger partial charge in [-0.25, -0.2) is 13.1 Å². The number of rotatable bonds is 7. The molecule has 134 valence electrons. The Hall–Kier alpha value is -2.38. The maximum atomic E-state index is 12.6. The molecule has 6 nitrogen and oxygen atoms in total. The SMILES string of the molecule is COc1ccc([C@H](CC(=O)N(C)c2ccccc2)NS(C)(=O)=O)cc1. The molecule has 0 aliphatic rings. The molecular formula is C18H22N2O4S. The van der Waals surface area contributed by atoms with E-state index in [0.29, 0.717) is 11.3 Å². The fraction of sp³-hybridized carbons (Fsp3) is 0.278. The number of hydrogen-bond donors (Lipinski definition) is 1. The number of carbonyl (C=O) groups excluding carboxylic acids is 1. The first-order chi connectivity index (χ1) is 11.8. The Morgan fingerprint density at radius 1 is 1.12 bits per heavy atom. The van der Waals surface area contributed by atoms with Crippen LogP contribution in [0.15, 0.2) is 54.6 Å². The molecule has 0 radical (unpaired) electrons. The van der Waals surface area contributed by atoms with Gasteiger partial charge in [-0.1, -0.05) is 30.3 Å². The molecule has 0 unspecified atom stereocenters. The van der Waals surface area contributed by atoms with Crippen LogP contribution in [-0.4, -0.2) is 34.7 Å². The van der Waals surface area contributed by atoms with Gasteiger partial charge in [0.1, 0.15) is 5.75 Å². The third kappa shape index (κ3) is 5.58. The topological polar surface area (TPSA) is 75.7 Å². The van der Waals surface area contributed by atoms with Crippen molar-refractivity contribution < 1.29 is 17.9 Å². The molecule has 2 aromatic rings. The van der Waals surface area contributed by atoms with Crippen molar-refractivity contribution in [2.45, 2.75) is 12.5 Å². The molecular weight excluding hydrogens is 340 g/mol. The van der Waals surface area contributed by atoms with Crippen molar-refractivity contribution in [2.75, 3.05) is 25.3 Å². The van der Waals surface area contributed by atoms with Crippen molar-refractivity contribution in [3.05, 3.63) is 60.2 Å². The van der Waals surface area contributed by atoms with E-state index in [0.717, 1.165) is 11.9 Å². The van der Waals surface area contributed by atoms with Crippen LogP contribution in [0.25, 0.3) is 0 Å². The fourth-order valence-electron chi connectivity index (χ4n) is 2.43. The predicted octanol–water partition coefficient (Wildman–Crippen LogP) is 2.34. The van der Waals surface area contributed by atoms with Gasteiger partial charge in [0.15, 0.2) is 0 Å². The molecule has 0 spiro atoms. The summed E-state index contributed by atoms with van der Waals surface area (Å²) >= 11 is 0. The monoisotopic (exact) mass is 362 g/mol. The number of sulfonamides is 1. The number of anilines is 1. The number of nitrogens with zero attached hydrogens (tertiary/aromatic N) is 1. The maximum absolute atomic E-state index is 12.6. The van der Waals surface area contributed by atoms with Gasteiger partial charge in [-0.15, -0.1) is 0 Å². The molecule has 0 bridgehead atoms. The average Bonchev–Trinajstić information content (AvgIpc) is 2.60. The zero-order chi connectivity index (χ0) is 18.4. The molecule has 0 saturated carbocycles. The molecule has 1 N–H and O–H groups in total. The highest BCUT2D eigenvalue weighted by Crippen LogP contribution is 2.23. The van der Waals surface area contributed by atoms with Gasteiger partial charge in [-0.05, 0) is 29.8 Å². The smallest absolute Gasteiger partial charge is 0.228 e. The Kier molecular flexibility index (Phi) is 6.17. The Labute approximate surface area is 148 Å². The third-order valence-corrected chi connectivity index (χ3v) is 4.48. The van der Waals surface area contributed by atoms with E-state index in [-0.39, 0.29) is 12.3 Å². The molecule has 0 saturated heterocycles. The van der Waals surface area contributed by atoms with Crippen LogP contribution in [-0.2, 0) is 14.8 Å². The first kappa shape index (κ1) is 19.0. The van der Waals surface area contributed by atoms with Gasteiger partial charge in [0.05, 0.1) is 19.4 Å². The first-order valence-electron chi connectivity index (χ1n) is 7.73. The minimum absolute atomic E-state index is 0.00476. The lowest BCUT2D eigenvalue weighted by Gasteiger charge is -2.22. The van der Waals surface area contributed by atoms with Gasteiger partial charge in [-0.3, -0.25) is 4.79 Å². The number of nitrogens with one attached hydrogen (secondary N) is 1. The normalized spacial score (nSPS) is 12.4. The van der Waals surface area contributed by atoms with Crippen LogP contribution >= 0.6 is 0 Å². The largest absolute Gasteiger partial charge is 0.497 e. The number of carbonyl (C=O) groups is 1. The summed E-state index contributed by atoms with van der Waals surface area (Å²) in [5, 5.41) is 0. The summed E-state index contributed by atoms with van der Waals surface area (Å²) < 4.78 is 31.0. The summed E-state index contributed by atoms with van der Waals surface area (Å²) in [4.78, 5) is 14.1. The number of benzene rings is 2. The summed E-state index contributed by atoms with van der Waals surface area (Å²) in [6, 6.07) is 15.5. The van der Waals surface area contributed by atoms with Crippen LogP contribution in [0.2, 0.25) is 0 Å². The second kappa shape index (κ2) is 8.13. The Morgan fingerprint density at radius 2 is 1.72 bits per heavy atom. The van der Waals surface area contributed by atoms with Crippen molar-refractivity contribution >= 4 is 21.6 Å². The number of amides is 1. The maximum Gasteiger partial charge on any atom is 0.228 e. The molecule has 1 amide bonds. The van der Waals surface area contributed by atoms with Crippen molar-refractivity contribution in [3.8, 4) is 5.75 Å². The molecule has 0 aliphatic carbocycles. The van der Waals surface area contributed by atoms with E-state index in [1.54, 1.807) is 38.4 Å². The minimum Gasteiger partial charge on any atom is -0.497 e. The molecule has 1 atom stereocenters. The summed E-state index contributed by atoms with van der Waals surface area (Å²) in [6.07, 6.45) is 1.08. The zero-order valence-electron chi connectivity index (χ0n) is 14.5. The van der Waals surface area contributed by atoms with Gasteiger partial charge in [0, 0.05) is 19.2 Å². The molecule has 2 rings (SSSR count). The fourth-order valence-corrected chi connectivity index (χ4v) is 3.17. The second-order valence-electron chi connectivity index (χ2n) is 5.71. The number of methoxy groups -OCH3 is 1. The Morgan fingerprint density at radius 3 is 2.24 bits per heavy atom. The van der Waals surface area contributed by atoms with E-state index < -0.39 is 16.1 Å². The molecule has 25 heavy (non-hydrogen) atoms. The molecule has 0 aromatic heterocycles. The number of ether oxygens (including phenoxy) is 1. The van der Waals surface area contributed by atoms with Gasteiger partial charge in [-0.2, -0.15) is 0 Å². The van der Waals surface area contributed by atoms with Gasteiger partial charge >= 0.3 is 0 Å². The van der Waals surface area contributed by atoms with Crippen LogP contribution < -0.4 is 14.4 Å². The molecule has 2 aromatic carbocycles. The summed E-state index contributed by atoms with van der Waals surface area (Å²) in [6.45, 7) is 0. The number of hydrogen-bond acceptors (Lipinski definition) is 4. The summed E-state index contributed by atoms with van der Waals surface area (Å²) in [7, 11) is -0.250. The van der Waals surface area contributed by atoms with E-state index in [2.05, 4.69) is 4.72 Å². The highest BCUT2D eigenvalue weighted by molar-refractivity contribution is 7.88. The molecule has 0 heterocycles. The number of para-hydroxylation sites is 1. The highest BCUT2D eigenvalue weighted by atomic mass is 32.2. The van der Waals surface area contributed by atoms with Crippen molar-refractivity contribution in [1.82, 2.24) is 4.72 Å². The quantitative estimate of drug-likeness (QED) is 0.820. The Balaban J connectivity index is 2.21. The van der Waals surface area contributed by atoms with E-state index in [1.807, 2.05) is 30.3 Å². The van der Waals surface area contributed by atoms with Crippen LogP contribution in [0.4, 0.5) is 5.69 Å². The van der Waals surface area contributed by atoms with Crippen LogP contribution in [0, 0.1) is 0 Å². The zero-order valence-corrected chi connectivity index (χ0v) is 15.3. The van der Waals surface area contributed by atoms with E-state index in [4.69, 9.17) is 4.74 Å². The van der Waals surface area contributed by atoms with Crippen molar-refractivity contribution in [1.29, 1.82) is 0 Å². The molecule has 0 fully saturated rings. The van der Waals surface area contributed by atoms with Gasteiger partial charge in [0.25, 0.3) is 0 Å². The minimum atomic E-state index is -3.48. The first-order valence-corrected chi connectivity index (χ1v) is 9.62. The standard InChI is InChI=1S/C18H22N2O4S/c1-20(15-7-5-4-6-8-15)18(21)13-17(19-25(3,22)23)14-9-11-16(24-2)12-10-14/h4-12,17,19H,13H2,1-3H3/t17-/m0/s1. The van der Waals surface area contributed by atoms with Crippen molar-refractivity contribution in [3.63, 3.8) is 0 Å². The van der Waals surface area contributed by atoms with Crippen LogP contribution in [0.3, 0.4) is 0 Å². The molecule has 7 heteroatoms. The van der Waals surface area contributed by atoms with E-state index in [9.17, 15) is 13.2 Å². The molecule has 0 aliphatic heterocycles. The predicted molar refractivity (Wildman–Crippen MR) is 98.2 cm³/mol. The lowest BCUT2D eigenvalue weighted by molar-refractivity contribution is -0.118.